The van der Waals surface area contributed by atoms with E-state index in [0.717, 1.165) is 22.4 Å². The van der Waals surface area contributed by atoms with Crippen molar-refractivity contribution in [2.75, 3.05) is 7.11 Å². The lowest BCUT2D eigenvalue weighted by atomic mass is 9.97. The molecule has 0 aliphatic rings. The number of hydrogen-bond acceptors (Lipinski definition) is 3. The van der Waals surface area contributed by atoms with E-state index in [4.69, 9.17) is 14.9 Å². The molecule has 2 rings (SSSR count). The summed E-state index contributed by atoms with van der Waals surface area (Å²) in [6.45, 7) is 2.02. The molecule has 1 aromatic heterocycles. The van der Waals surface area contributed by atoms with E-state index < -0.39 is 0 Å². The summed E-state index contributed by atoms with van der Waals surface area (Å²) in [7, 11) is 1.65. The molecule has 1 atom stereocenters. The molecule has 2 aromatic rings. The van der Waals surface area contributed by atoms with E-state index in [9.17, 15) is 0 Å². The van der Waals surface area contributed by atoms with Crippen LogP contribution in [-0.4, -0.2) is 7.11 Å². The van der Waals surface area contributed by atoms with Gasteiger partial charge in [0.25, 0.3) is 0 Å². The highest BCUT2D eigenvalue weighted by Gasteiger charge is 2.16. The first-order valence-electron chi connectivity index (χ1n) is 5.26. The molecule has 1 aromatic carbocycles. The van der Waals surface area contributed by atoms with Crippen LogP contribution in [-0.2, 0) is 0 Å². The zero-order chi connectivity index (χ0) is 12.4. The second kappa shape index (κ2) is 4.94. The van der Waals surface area contributed by atoms with E-state index in [-0.39, 0.29) is 6.04 Å². The van der Waals surface area contributed by atoms with Crippen molar-refractivity contribution in [3.05, 3.63) is 51.9 Å². The third-order valence-corrected chi connectivity index (χ3v) is 3.44. The molecule has 0 saturated heterocycles. The highest BCUT2D eigenvalue weighted by Crippen LogP contribution is 2.30. The van der Waals surface area contributed by atoms with E-state index in [1.54, 1.807) is 13.4 Å². The summed E-state index contributed by atoms with van der Waals surface area (Å²) in [5.74, 6) is 0.838. The van der Waals surface area contributed by atoms with Crippen LogP contribution in [0.5, 0.6) is 5.75 Å². The number of benzene rings is 1. The van der Waals surface area contributed by atoms with Gasteiger partial charge in [0, 0.05) is 5.56 Å². The van der Waals surface area contributed by atoms with Crippen molar-refractivity contribution >= 4 is 15.9 Å². The first kappa shape index (κ1) is 12.2. The minimum Gasteiger partial charge on any atom is -0.497 e. The first-order chi connectivity index (χ1) is 8.13. The molecule has 90 valence electrons. The molecule has 2 N–H and O–H groups in total. The number of ether oxygens (including phenoxy) is 1. The molecule has 0 amide bonds. The van der Waals surface area contributed by atoms with Gasteiger partial charge >= 0.3 is 0 Å². The van der Waals surface area contributed by atoms with Gasteiger partial charge in [0.15, 0.2) is 4.67 Å². The van der Waals surface area contributed by atoms with Gasteiger partial charge in [0.1, 0.15) is 5.75 Å². The number of hydrogen-bond donors (Lipinski definition) is 1. The van der Waals surface area contributed by atoms with Gasteiger partial charge in [-0.25, -0.2) is 0 Å². The Labute approximate surface area is 109 Å². The second-order valence-corrected chi connectivity index (χ2v) is 4.57. The Balaban J connectivity index is 2.38. The number of methoxy groups -OCH3 is 1. The minimum absolute atomic E-state index is 0.200. The highest BCUT2D eigenvalue weighted by atomic mass is 79.9. The Morgan fingerprint density at radius 3 is 2.59 bits per heavy atom. The van der Waals surface area contributed by atoms with Crippen LogP contribution in [0.25, 0.3) is 0 Å². The lowest BCUT2D eigenvalue weighted by Crippen LogP contribution is -2.13. The van der Waals surface area contributed by atoms with E-state index in [1.165, 1.54) is 0 Å². The number of nitrogens with two attached hydrogens (primary N) is 1. The van der Waals surface area contributed by atoms with Gasteiger partial charge in [-0.15, -0.1) is 0 Å². The van der Waals surface area contributed by atoms with Crippen LogP contribution in [0.1, 0.15) is 22.7 Å². The third-order valence-electron chi connectivity index (χ3n) is 2.79. The molecule has 0 radical (unpaired) electrons. The van der Waals surface area contributed by atoms with Gasteiger partial charge in [-0.05, 0) is 52.2 Å². The van der Waals surface area contributed by atoms with Crippen molar-refractivity contribution in [1.29, 1.82) is 0 Å². The highest BCUT2D eigenvalue weighted by molar-refractivity contribution is 9.10. The van der Waals surface area contributed by atoms with Crippen LogP contribution in [0, 0.1) is 6.92 Å². The van der Waals surface area contributed by atoms with E-state index >= 15 is 0 Å². The average molecular weight is 296 g/mol. The van der Waals surface area contributed by atoms with E-state index in [0.29, 0.717) is 4.67 Å². The predicted octanol–water partition coefficient (Wildman–Crippen LogP) is 3.41. The van der Waals surface area contributed by atoms with Crippen LogP contribution in [0.4, 0.5) is 0 Å². The maximum atomic E-state index is 6.22. The largest absolute Gasteiger partial charge is 0.497 e. The Hall–Kier alpha value is -1.26. The summed E-state index contributed by atoms with van der Waals surface area (Å²) in [5.41, 5.74) is 9.33. The van der Waals surface area contributed by atoms with Crippen molar-refractivity contribution in [3.8, 4) is 5.75 Å². The van der Waals surface area contributed by atoms with Crippen molar-refractivity contribution in [3.63, 3.8) is 0 Å². The lowest BCUT2D eigenvalue weighted by Gasteiger charge is -2.14. The Bertz CT molecular complexity index is 522. The quantitative estimate of drug-likeness (QED) is 0.944. The predicted molar refractivity (Wildman–Crippen MR) is 70.2 cm³/mol. The fraction of sp³-hybridized carbons (Fsp3) is 0.231. The standard InChI is InChI=1S/C13H14BrNO2/c1-8-7-9(16-2)3-4-10(8)12(15)11-5-6-17-13(11)14/h3-7,12H,15H2,1-2H3. The second-order valence-electron chi connectivity index (χ2n) is 3.85. The number of furan rings is 1. The van der Waals surface area contributed by atoms with Crippen molar-refractivity contribution in [2.45, 2.75) is 13.0 Å². The molecule has 3 nitrogen and oxygen atoms in total. The van der Waals surface area contributed by atoms with Gasteiger partial charge < -0.3 is 14.9 Å². The maximum absolute atomic E-state index is 6.22. The summed E-state index contributed by atoms with van der Waals surface area (Å²) in [5, 5.41) is 0. The number of aryl methyl sites for hydroxylation is 1. The normalized spacial score (nSPS) is 12.5. The summed E-state index contributed by atoms with van der Waals surface area (Å²) >= 11 is 3.35. The SMILES string of the molecule is COc1ccc(C(N)c2ccoc2Br)c(C)c1. The smallest absolute Gasteiger partial charge is 0.174 e. The van der Waals surface area contributed by atoms with Crippen molar-refractivity contribution in [2.24, 2.45) is 5.73 Å². The van der Waals surface area contributed by atoms with Crippen LogP contribution in [0.2, 0.25) is 0 Å². The van der Waals surface area contributed by atoms with Gasteiger partial charge in [0.05, 0.1) is 19.4 Å². The zero-order valence-corrected chi connectivity index (χ0v) is 11.3. The zero-order valence-electron chi connectivity index (χ0n) is 9.74. The molecule has 17 heavy (non-hydrogen) atoms. The summed E-state index contributed by atoms with van der Waals surface area (Å²) in [4.78, 5) is 0. The molecular weight excluding hydrogens is 282 g/mol. The summed E-state index contributed by atoms with van der Waals surface area (Å²) in [6, 6.07) is 7.55. The molecule has 4 heteroatoms. The minimum atomic E-state index is -0.200. The summed E-state index contributed by atoms with van der Waals surface area (Å²) in [6.07, 6.45) is 1.62. The van der Waals surface area contributed by atoms with E-state index in [1.807, 2.05) is 31.2 Å². The molecule has 0 fully saturated rings. The fourth-order valence-electron chi connectivity index (χ4n) is 1.82. The van der Waals surface area contributed by atoms with E-state index in [2.05, 4.69) is 15.9 Å². The molecule has 1 heterocycles. The van der Waals surface area contributed by atoms with Gasteiger partial charge in [-0.2, -0.15) is 0 Å². The van der Waals surface area contributed by atoms with Crippen LogP contribution >= 0.6 is 15.9 Å². The van der Waals surface area contributed by atoms with Crippen LogP contribution in [0.3, 0.4) is 0 Å². The monoisotopic (exact) mass is 295 g/mol. The molecule has 0 aliphatic heterocycles. The van der Waals surface area contributed by atoms with Crippen molar-refractivity contribution in [1.82, 2.24) is 0 Å². The molecule has 0 saturated carbocycles. The lowest BCUT2D eigenvalue weighted by molar-refractivity contribution is 0.414. The van der Waals surface area contributed by atoms with Crippen LogP contribution < -0.4 is 10.5 Å². The van der Waals surface area contributed by atoms with Crippen LogP contribution in [0.15, 0.2) is 39.6 Å². The molecule has 0 bridgehead atoms. The Morgan fingerprint density at radius 2 is 2.06 bits per heavy atom. The van der Waals surface area contributed by atoms with Gasteiger partial charge in [-0.1, -0.05) is 6.07 Å². The van der Waals surface area contributed by atoms with Gasteiger partial charge in [-0.3, -0.25) is 0 Å². The maximum Gasteiger partial charge on any atom is 0.174 e. The Morgan fingerprint density at radius 1 is 1.29 bits per heavy atom. The average Bonchev–Trinajstić information content (AvgIpc) is 2.74. The molecule has 1 unspecified atom stereocenters. The van der Waals surface area contributed by atoms with Gasteiger partial charge in [0.2, 0.25) is 0 Å². The fourth-order valence-corrected chi connectivity index (χ4v) is 2.30. The molecular formula is C13H14BrNO2. The molecule has 0 spiro atoms. The topological polar surface area (TPSA) is 48.4 Å². The first-order valence-corrected chi connectivity index (χ1v) is 6.05. The third kappa shape index (κ3) is 2.37. The Kier molecular flexibility index (Phi) is 3.54. The number of halogens is 1. The summed E-state index contributed by atoms with van der Waals surface area (Å²) < 4.78 is 11.1. The van der Waals surface area contributed by atoms with Crippen molar-refractivity contribution < 1.29 is 9.15 Å². The molecule has 0 aliphatic carbocycles. The number of rotatable bonds is 3.